The first-order valence-corrected chi connectivity index (χ1v) is 9.04. The van der Waals surface area contributed by atoms with E-state index < -0.39 is 23.6 Å². The largest absolute Gasteiger partial charge is 0.422 e. The molecule has 0 amide bonds. The zero-order valence-electron chi connectivity index (χ0n) is 16.0. The molecule has 4 nitrogen and oxygen atoms in total. The number of hydrogen-bond donors (Lipinski definition) is 2. The molecule has 29 heavy (non-hydrogen) atoms. The van der Waals surface area contributed by atoms with E-state index in [1.54, 1.807) is 56.3 Å². The Kier molecular flexibility index (Phi) is 5.36. The average Bonchev–Trinajstić information content (AvgIpc) is 2.65. The van der Waals surface area contributed by atoms with Crippen LogP contribution in [-0.2, 0) is 5.41 Å². The second-order valence-corrected chi connectivity index (χ2v) is 7.67. The van der Waals surface area contributed by atoms with Crippen LogP contribution in [0.2, 0.25) is 0 Å². The predicted molar refractivity (Wildman–Crippen MR) is 108 cm³/mol. The van der Waals surface area contributed by atoms with Crippen LogP contribution in [0.5, 0.6) is 0 Å². The highest BCUT2D eigenvalue weighted by atomic mass is 19.4. The van der Waals surface area contributed by atoms with Crippen LogP contribution < -0.4 is 5.56 Å². The molecule has 1 aromatic heterocycles. The average molecular weight is 402 g/mol. The number of hydrogen-bond acceptors (Lipinski definition) is 3. The van der Waals surface area contributed by atoms with Crippen LogP contribution in [0.3, 0.4) is 0 Å². The number of aromatic nitrogens is 1. The maximum Gasteiger partial charge on any atom is 0.422 e. The molecule has 3 aromatic rings. The number of aliphatic imine (C=N–C) groups is 1. The van der Waals surface area contributed by atoms with Crippen molar-refractivity contribution in [3.8, 4) is 0 Å². The summed E-state index contributed by atoms with van der Waals surface area (Å²) in [5.41, 5.74) is -3.06. The number of aliphatic hydroxyl groups is 1. The Labute approximate surface area is 165 Å². The number of H-pyrrole nitrogens is 1. The lowest BCUT2D eigenvalue weighted by molar-refractivity contribution is -0.234. The molecule has 0 radical (unpaired) electrons. The van der Waals surface area contributed by atoms with Gasteiger partial charge >= 0.3 is 6.18 Å². The van der Waals surface area contributed by atoms with Crippen molar-refractivity contribution in [2.45, 2.75) is 37.5 Å². The minimum Gasteiger partial charge on any atom is -0.376 e. The lowest BCUT2D eigenvalue weighted by Crippen LogP contribution is -2.50. The summed E-state index contributed by atoms with van der Waals surface area (Å²) in [5.74, 6) is 0. The molecular weight excluding hydrogens is 381 g/mol. The molecule has 0 fully saturated rings. The van der Waals surface area contributed by atoms with Crippen molar-refractivity contribution in [3.63, 3.8) is 0 Å². The molecule has 2 aromatic carbocycles. The zero-order chi connectivity index (χ0) is 21.3. The second-order valence-electron chi connectivity index (χ2n) is 7.67. The van der Waals surface area contributed by atoms with Crippen LogP contribution in [0.1, 0.15) is 25.8 Å². The monoisotopic (exact) mass is 402 g/mol. The Bertz CT molecular complexity index is 1090. The highest BCUT2D eigenvalue weighted by molar-refractivity contribution is 5.91. The molecule has 1 heterocycles. The van der Waals surface area contributed by atoms with Gasteiger partial charge in [0.15, 0.2) is 5.60 Å². The van der Waals surface area contributed by atoms with Crippen molar-refractivity contribution in [3.05, 3.63) is 76.6 Å². The molecule has 0 saturated carbocycles. The smallest absolute Gasteiger partial charge is 0.376 e. The summed E-state index contributed by atoms with van der Waals surface area (Å²) in [5, 5.41) is 11.1. The number of alkyl halides is 3. The van der Waals surface area contributed by atoms with E-state index in [2.05, 4.69) is 9.98 Å². The van der Waals surface area contributed by atoms with Gasteiger partial charge in [0.1, 0.15) is 0 Å². The van der Waals surface area contributed by atoms with E-state index in [0.717, 1.165) is 0 Å². The van der Waals surface area contributed by atoms with Gasteiger partial charge in [-0.3, -0.25) is 9.79 Å². The SMILES string of the molecule is CC(C)(CC(O)(C=Nc1cccc2[nH]c(=O)ccc12)C(F)(F)F)c1ccccc1. The van der Waals surface area contributed by atoms with Crippen LogP contribution >= 0.6 is 0 Å². The molecule has 0 aliphatic heterocycles. The van der Waals surface area contributed by atoms with Gasteiger partial charge in [-0.2, -0.15) is 13.2 Å². The topological polar surface area (TPSA) is 65.5 Å². The number of fused-ring (bicyclic) bond motifs is 1. The summed E-state index contributed by atoms with van der Waals surface area (Å²) in [4.78, 5) is 18.0. The van der Waals surface area contributed by atoms with E-state index in [4.69, 9.17) is 0 Å². The first-order chi connectivity index (χ1) is 13.5. The maximum atomic E-state index is 13.8. The molecule has 2 N–H and O–H groups in total. The molecule has 3 rings (SSSR count). The van der Waals surface area contributed by atoms with E-state index >= 15 is 0 Å². The highest BCUT2D eigenvalue weighted by Gasteiger charge is 2.55. The number of halogens is 3. The number of pyridine rings is 1. The van der Waals surface area contributed by atoms with Crippen molar-refractivity contribution in [2.75, 3.05) is 0 Å². The third kappa shape index (κ3) is 4.40. The van der Waals surface area contributed by atoms with Gasteiger partial charge in [-0.15, -0.1) is 0 Å². The molecule has 0 bridgehead atoms. The zero-order valence-corrected chi connectivity index (χ0v) is 16.0. The Hall–Kier alpha value is -2.93. The summed E-state index contributed by atoms with van der Waals surface area (Å²) in [6, 6.07) is 16.2. The standard InChI is InChI=1S/C22H21F3N2O2/c1-20(2,15-7-4-3-5-8-15)13-21(29,22(23,24)25)14-26-17-9-6-10-18-16(17)11-12-19(28)27-18/h3-12,14,29H,13H2,1-2H3,(H,27,28). The fraction of sp³-hybridized carbons (Fsp3) is 0.273. The van der Waals surface area contributed by atoms with Crippen molar-refractivity contribution in [1.82, 2.24) is 4.98 Å². The Morgan fingerprint density at radius 3 is 2.34 bits per heavy atom. The number of benzene rings is 2. The first kappa shape index (κ1) is 20.8. The summed E-state index contributed by atoms with van der Waals surface area (Å²) in [6.45, 7) is 3.30. The Morgan fingerprint density at radius 1 is 1.00 bits per heavy atom. The summed E-state index contributed by atoms with van der Waals surface area (Å²) in [6.07, 6.45) is -4.96. The van der Waals surface area contributed by atoms with Crippen LogP contribution in [0.15, 0.2) is 70.5 Å². The maximum absolute atomic E-state index is 13.8. The Balaban J connectivity index is 2.01. The molecule has 7 heteroatoms. The van der Waals surface area contributed by atoms with E-state index in [0.29, 0.717) is 22.7 Å². The van der Waals surface area contributed by atoms with Gasteiger partial charge in [0.25, 0.3) is 0 Å². The first-order valence-electron chi connectivity index (χ1n) is 9.04. The molecule has 0 saturated heterocycles. The van der Waals surface area contributed by atoms with Crippen LogP contribution in [-0.4, -0.2) is 28.1 Å². The lowest BCUT2D eigenvalue weighted by Gasteiger charge is -2.35. The molecular formula is C22H21F3N2O2. The minimum atomic E-state index is -4.92. The molecule has 1 atom stereocenters. The number of nitrogens with zero attached hydrogens (tertiary/aromatic N) is 1. The van der Waals surface area contributed by atoms with Gasteiger partial charge in [0.2, 0.25) is 5.56 Å². The van der Waals surface area contributed by atoms with Gasteiger partial charge in [-0.25, -0.2) is 0 Å². The second kappa shape index (κ2) is 7.48. The van der Waals surface area contributed by atoms with E-state index in [1.165, 1.54) is 18.2 Å². The van der Waals surface area contributed by atoms with Crippen LogP contribution in [0.25, 0.3) is 10.9 Å². The fourth-order valence-electron chi connectivity index (χ4n) is 3.34. The van der Waals surface area contributed by atoms with Crippen molar-refractivity contribution >= 4 is 22.8 Å². The number of aromatic amines is 1. The van der Waals surface area contributed by atoms with E-state index in [-0.39, 0.29) is 11.2 Å². The van der Waals surface area contributed by atoms with Crippen LogP contribution in [0, 0.1) is 0 Å². The van der Waals surface area contributed by atoms with Gasteiger partial charge in [0, 0.05) is 17.7 Å². The minimum absolute atomic E-state index is 0.221. The fourth-order valence-corrected chi connectivity index (χ4v) is 3.34. The third-order valence-corrected chi connectivity index (χ3v) is 4.92. The molecule has 152 valence electrons. The Morgan fingerprint density at radius 2 is 1.69 bits per heavy atom. The number of rotatable bonds is 5. The summed E-state index contributed by atoms with van der Waals surface area (Å²) < 4.78 is 41.5. The van der Waals surface area contributed by atoms with Gasteiger partial charge in [0.05, 0.1) is 11.2 Å². The van der Waals surface area contributed by atoms with Gasteiger partial charge in [-0.05, 0) is 35.6 Å². The van der Waals surface area contributed by atoms with Crippen LogP contribution in [0.4, 0.5) is 18.9 Å². The third-order valence-electron chi connectivity index (χ3n) is 4.92. The van der Waals surface area contributed by atoms with E-state index in [1.807, 2.05) is 0 Å². The molecule has 1 unspecified atom stereocenters. The quantitative estimate of drug-likeness (QED) is 0.597. The predicted octanol–water partition coefficient (Wildman–Crippen LogP) is 4.89. The molecule has 0 spiro atoms. The number of nitrogens with one attached hydrogen (secondary N) is 1. The van der Waals surface area contributed by atoms with Gasteiger partial charge < -0.3 is 10.1 Å². The summed E-state index contributed by atoms with van der Waals surface area (Å²) in [7, 11) is 0. The van der Waals surface area contributed by atoms with E-state index in [9.17, 15) is 23.1 Å². The molecule has 0 aliphatic rings. The normalized spacial score (nSPS) is 15.0. The summed E-state index contributed by atoms with van der Waals surface area (Å²) >= 11 is 0. The lowest BCUT2D eigenvalue weighted by atomic mass is 9.75. The van der Waals surface area contributed by atoms with Gasteiger partial charge in [-0.1, -0.05) is 50.2 Å². The molecule has 0 aliphatic carbocycles. The highest BCUT2D eigenvalue weighted by Crippen LogP contribution is 2.40. The van der Waals surface area contributed by atoms with Crippen molar-refractivity contribution in [1.29, 1.82) is 0 Å². The van der Waals surface area contributed by atoms with Crippen molar-refractivity contribution in [2.24, 2.45) is 4.99 Å². The van der Waals surface area contributed by atoms with Crippen molar-refractivity contribution < 1.29 is 18.3 Å².